The number of carbonyl (C=O) groups excluding carboxylic acids is 1. The maximum atomic E-state index is 12.3. The highest BCUT2D eigenvalue weighted by Crippen LogP contribution is 2.22. The predicted molar refractivity (Wildman–Crippen MR) is 94.4 cm³/mol. The average molecular weight is 319 g/mol. The van der Waals surface area contributed by atoms with E-state index in [9.17, 15) is 4.79 Å². The van der Waals surface area contributed by atoms with Crippen molar-refractivity contribution in [2.45, 2.75) is 69.9 Å². The summed E-state index contributed by atoms with van der Waals surface area (Å²) >= 11 is 0. The van der Waals surface area contributed by atoms with Crippen LogP contribution in [0.1, 0.15) is 57.8 Å². The van der Waals surface area contributed by atoms with E-state index in [1.165, 1.54) is 57.3 Å². The Morgan fingerprint density at radius 3 is 2.74 bits per heavy atom. The summed E-state index contributed by atoms with van der Waals surface area (Å²) < 4.78 is 0. The first-order chi connectivity index (χ1) is 11.2. The summed E-state index contributed by atoms with van der Waals surface area (Å²) in [4.78, 5) is 17.4. The molecular formula is C19H33N3O. The van der Waals surface area contributed by atoms with Crippen LogP contribution in [0.2, 0.25) is 0 Å². The van der Waals surface area contributed by atoms with E-state index in [0.29, 0.717) is 12.5 Å². The van der Waals surface area contributed by atoms with Crippen LogP contribution in [-0.4, -0.2) is 61.0 Å². The Balaban J connectivity index is 1.44. The van der Waals surface area contributed by atoms with Crippen LogP contribution < -0.4 is 5.32 Å². The lowest BCUT2D eigenvalue weighted by molar-refractivity contribution is -0.121. The lowest BCUT2D eigenvalue weighted by Crippen LogP contribution is -2.53. The standard InChI is InChI=1S/C19H33N3O/c1-21-12-9-18(10-13-21)22-11-5-8-17(15-22)20-19(23)14-16-6-3-2-4-7-16/h6,17-18H,2-5,7-15H2,1H3,(H,20,23). The van der Waals surface area contributed by atoms with Crippen molar-refractivity contribution in [3.63, 3.8) is 0 Å². The third-order valence-corrected chi connectivity index (χ3v) is 5.80. The number of piperidine rings is 2. The molecule has 0 spiro atoms. The van der Waals surface area contributed by atoms with Gasteiger partial charge in [0.05, 0.1) is 0 Å². The molecule has 0 aromatic carbocycles. The van der Waals surface area contributed by atoms with E-state index in [2.05, 4.69) is 28.2 Å². The molecular weight excluding hydrogens is 286 g/mol. The Bertz CT molecular complexity index is 426. The van der Waals surface area contributed by atoms with Gasteiger partial charge in [0, 0.05) is 25.0 Å². The number of carbonyl (C=O) groups is 1. The lowest BCUT2D eigenvalue weighted by Gasteiger charge is -2.41. The van der Waals surface area contributed by atoms with Gasteiger partial charge >= 0.3 is 0 Å². The van der Waals surface area contributed by atoms with Crippen LogP contribution >= 0.6 is 0 Å². The van der Waals surface area contributed by atoms with E-state index in [1.807, 2.05) is 0 Å². The van der Waals surface area contributed by atoms with Crippen molar-refractivity contribution in [1.29, 1.82) is 0 Å². The van der Waals surface area contributed by atoms with Gasteiger partial charge in [0.2, 0.25) is 5.91 Å². The molecule has 2 saturated heterocycles. The molecule has 1 unspecified atom stereocenters. The molecule has 1 aliphatic carbocycles. The number of allylic oxidation sites excluding steroid dienone is 1. The molecule has 2 fully saturated rings. The zero-order valence-electron chi connectivity index (χ0n) is 14.7. The topological polar surface area (TPSA) is 35.6 Å². The minimum absolute atomic E-state index is 0.244. The summed E-state index contributed by atoms with van der Waals surface area (Å²) in [6, 6.07) is 1.09. The molecule has 0 aromatic rings. The highest BCUT2D eigenvalue weighted by molar-refractivity contribution is 5.78. The summed E-state index contributed by atoms with van der Waals surface area (Å²) in [5.41, 5.74) is 1.36. The van der Waals surface area contributed by atoms with Crippen molar-refractivity contribution >= 4 is 5.91 Å². The van der Waals surface area contributed by atoms with Gasteiger partial charge < -0.3 is 10.2 Å². The van der Waals surface area contributed by atoms with Crippen LogP contribution in [-0.2, 0) is 4.79 Å². The fourth-order valence-electron chi connectivity index (χ4n) is 4.37. The molecule has 130 valence electrons. The molecule has 23 heavy (non-hydrogen) atoms. The van der Waals surface area contributed by atoms with Crippen LogP contribution in [0.3, 0.4) is 0 Å². The van der Waals surface area contributed by atoms with E-state index < -0.39 is 0 Å². The highest BCUT2D eigenvalue weighted by Gasteiger charge is 2.28. The molecule has 1 N–H and O–H groups in total. The number of nitrogens with one attached hydrogen (secondary N) is 1. The van der Waals surface area contributed by atoms with Crippen molar-refractivity contribution < 1.29 is 4.79 Å². The van der Waals surface area contributed by atoms with Crippen molar-refractivity contribution in [2.75, 3.05) is 33.2 Å². The normalized spacial score (nSPS) is 28.4. The number of hydrogen-bond acceptors (Lipinski definition) is 3. The van der Waals surface area contributed by atoms with E-state index in [1.54, 1.807) is 0 Å². The molecule has 2 heterocycles. The summed E-state index contributed by atoms with van der Waals surface area (Å²) in [5.74, 6) is 0.244. The molecule has 3 rings (SSSR count). The molecule has 0 radical (unpaired) electrons. The first-order valence-corrected chi connectivity index (χ1v) is 9.60. The van der Waals surface area contributed by atoms with Crippen molar-refractivity contribution in [2.24, 2.45) is 0 Å². The van der Waals surface area contributed by atoms with E-state index in [0.717, 1.165) is 31.8 Å². The minimum Gasteiger partial charge on any atom is -0.352 e. The smallest absolute Gasteiger partial charge is 0.224 e. The first-order valence-electron chi connectivity index (χ1n) is 9.60. The number of nitrogens with zero attached hydrogens (tertiary/aromatic N) is 2. The molecule has 1 atom stereocenters. The second-order valence-electron chi connectivity index (χ2n) is 7.72. The number of likely N-dealkylation sites (tertiary alicyclic amines) is 2. The van der Waals surface area contributed by atoms with E-state index in [4.69, 9.17) is 0 Å². The molecule has 4 heteroatoms. The zero-order chi connectivity index (χ0) is 16.1. The van der Waals surface area contributed by atoms with Gasteiger partial charge in [-0.1, -0.05) is 11.6 Å². The van der Waals surface area contributed by atoms with Gasteiger partial charge in [0.25, 0.3) is 0 Å². The SMILES string of the molecule is CN1CCC(N2CCCC(NC(=O)CC3=CCCCC3)C2)CC1. The summed E-state index contributed by atoms with van der Waals surface area (Å²) in [5, 5.41) is 3.31. The quantitative estimate of drug-likeness (QED) is 0.809. The summed E-state index contributed by atoms with van der Waals surface area (Å²) in [6.07, 6.45) is 12.7. The van der Waals surface area contributed by atoms with Crippen LogP contribution in [0.5, 0.6) is 0 Å². The zero-order valence-corrected chi connectivity index (χ0v) is 14.7. The predicted octanol–water partition coefficient (Wildman–Crippen LogP) is 2.55. The monoisotopic (exact) mass is 319 g/mol. The van der Waals surface area contributed by atoms with Gasteiger partial charge in [-0.05, 0) is 78.0 Å². The number of hydrogen-bond donors (Lipinski definition) is 1. The van der Waals surface area contributed by atoms with Gasteiger partial charge in [-0.2, -0.15) is 0 Å². The average Bonchev–Trinajstić information content (AvgIpc) is 2.56. The largest absolute Gasteiger partial charge is 0.352 e. The van der Waals surface area contributed by atoms with Crippen LogP contribution in [0.25, 0.3) is 0 Å². The van der Waals surface area contributed by atoms with E-state index in [-0.39, 0.29) is 5.91 Å². The fourth-order valence-corrected chi connectivity index (χ4v) is 4.37. The number of amides is 1. The first kappa shape index (κ1) is 17.0. The van der Waals surface area contributed by atoms with Crippen LogP contribution in [0.15, 0.2) is 11.6 Å². The Labute approximate surface area is 141 Å². The third-order valence-electron chi connectivity index (χ3n) is 5.80. The third kappa shape index (κ3) is 5.05. The minimum atomic E-state index is 0.244. The molecule has 4 nitrogen and oxygen atoms in total. The Morgan fingerprint density at radius 1 is 1.17 bits per heavy atom. The second kappa shape index (κ2) is 8.29. The van der Waals surface area contributed by atoms with Crippen LogP contribution in [0.4, 0.5) is 0 Å². The molecule has 0 bridgehead atoms. The highest BCUT2D eigenvalue weighted by atomic mass is 16.1. The Morgan fingerprint density at radius 2 is 2.00 bits per heavy atom. The van der Waals surface area contributed by atoms with Crippen LogP contribution in [0, 0.1) is 0 Å². The van der Waals surface area contributed by atoms with Gasteiger partial charge in [-0.25, -0.2) is 0 Å². The van der Waals surface area contributed by atoms with Crippen molar-refractivity contribution in [3.8, 4) is 0 Å². The summed E-state index contributed by atoms with van der Waals surface area (Å²) in [7, 11) is 2.22. The lowest BCUT2D eigenvalue weighted by atomic mass is 9.96. The van der Waals surface area contributed by atoms with Gasteiger partial charge in [0.1, 0.15) is 0 Å². The van der Waals surface area contributed by atoms with Crippen molar-refractivity contribution in [3.05, 3.63) is 11.6 Å². The molecule has 3 aliphatic rings. The second-order valence-corrected chi connectivity index (χ2v) is 7.72. The van der Waals surface area contributed by atoms with Gasteiger partial charge in [0.15, 0.2) is 0 Å². The Kier molecular flexibility index (Phi) is 6.12. The molecule has 0 saturated carbocycles. The molecule has 1 amide bonds. The molecule has 0 aromatic heterocycles. The molecule has 2 aliphatic heterocycles. The van der Waals surface area contributed by atoms with Crippen molar-refractivity contribution in [1.82, 2.24) is 15.1 Å². The Hall–Kier alpha value is -0.870. The van der Waals surface area contributed by atoms with E-state index >= 15 is 0 Å². The van der Waals surface area contributed by atoms with Gasteiger partial charge in [-0.15, -0.1) is 0 Å². The fraction of sp³-hybridized carbons (Fsp3) is 0.842. The summed E-state index contributed by atoms with van der Waals surface area (Å²) in [6.45, 7) is 4.70. The maximum absolute atomic E-state index is 12.3. The number of rotatable bonds is 4. The maximum Gasteiger partial charge on any atom is 0.224 e. The van der Waals surface area contributed by atoms with Gasteiger partial charge in [-0.3, -0.25) is 9.69 Å².